The van der Waals surface area contributed by atoms with Gasteiger partial charge in [0.2, 0.25) is 5.91 Å². The molecule has 0 aromatic heterocycles. The van der Waals surface area contributed by atoms with E-state index in [1.807, 2.05) is 36.4 Å². The molecule has 1 saturated heterocycles. The van der Waals surface area contributed by atoms with Gasteiger partial charge < -0.3 is 20.3 Å². The third-order valence-corrected chi connectivity index (χ3v) is 6.58. The summed E-state index contributed by atoms with van der Waals surface area (Å²) in [5, 5.41) is 5.97. The number of piperidine rings is 1. The summed E-state index contributed by atoms with van der Waals surface area (Å²) in [7, 11) is 1.61. The number of nitrogens with zero attached hydrogens (tertiary/aromatic N) is 1. The van der Waals surface area contributed by atoms with Crippen LogP contribution in [0.4, 0.5) is 11.4 Å². The number of anilines is 2. The number of carbonyl (C=O) groups excluding carboxylic acids is 2. The lowest BCUT2D eigenvalue weighted by Gasteiger charge is -2.33. The highest BCUT2D eigenvalue weighted by Gasteiger charge is 2.43. The molecule has 6 heteroatoms. The van der Waals surface area contributed by atoms with Crippen LogP contribution in [-0.2, 0) is 9.53 Å². The van der Waals surface area contributed by atoms with E-state index in [1.54, 1.807) is 7.11 Å². The Morgan fingerprint density at radius 2 is 1.84 bits per heavy atom. The average molecular weight is 436 g/mol. The van der Waals surface area contributed by atoms with Gasteiger partial charge in [-0.25, -0.2) is 0 Å². The van der Waals surface area contributed by atoms with Crippen molar-refractivity contribution >= 4 is 23.2 Å². The molecular weight excluding hydrogens is 402 g/mol. The summed E-state index contributed by atoms with van der Waals surface area (Å²) in [5.74, 6) is 0.853. The van der Waals surface area contributed by atoms with Gasteiger partial charge in [0.15, 0.2) is 0 Å². The Morgan fingerprint density at radius 1 is 1.09 bits per heavy atom. The van der Waals surface area contributed by atoms with E-state index in [4.69, 9.17) is 4.74 Å². The molecule has 2 aromatic carbocycles. The zero-order valence-electron chi connectivity index (χ0n) is 19.0. The summed E-state index contributed by atoms with van der Waals surface area (Å²) in [5.41, 5.74) is 3.41. The molecule has 1 aliphatic heterocycles. The van der Waals surface area contributed by atoms with Gasteiger partial charge in [0, 0.05) is 44.0 Å². The normalized spacial score (nSPS) is 20.6. The van der Waals surface area contributed by atoms with Gasteiger partial charge in [-0.15, -0.1) is 0 Å². The number of methoxy groups -OCH3 is 1. The minimum atomic E-state index is -0.139. The minimum Gasteiger partial charge on any atom is -0.383 e. The largest absolute Gasteiger partial charge is 0.383 e. The van der Waals surface area contributed by atoms with Crippen LogP contribution in [0, 0.1) is 11.8 Å². The third-order valence-electron chi connectivity index (χ3n) is 6.58. The molecule has 0 bridgehead atoms. The molecule has 2 aromatic rings. The molecule has 2 atom stereocenters. The second kappa shape index (κ2) is 10.2. The number of benzene rings is 2. The zero-order valence-corrected chi connectivity index (χ0v) is 19.0. The van der Waals surface area contributed by atoms with Crippen molar-refractivity contribution in [1.29, 1.82) is 0 Å². The molecule has 1 heterocycles. The Bertz CT molecular complexity index is 939. The Labute approximate surface area is 190 Å². The van der Waals surface area contributed by atoms with E-state index in [-0.39, 0.29) is 23.7 Å². The van der Waals surface area contributed by atoms with Gasteiger partial charge in [-0.05, 0) is 54.9 Å². The first-order valence-electron chi connectivity index (χ1n) is 11.6. The molecule has 2 N–H and O–H groups in total. The summed E-state index contributed by atoms with van der Waals surface area (Å²) in [6.07, 6.45) is 3.10. The third kappa shape index (κ3) is 5.30. The van der Waals surface area contributed by atoms with Gasteiger partial charge in [0.05, 0.1) is 12.2 Å². The SMILES string of the molecule is COCCNC(=O)c1cc(NC(=O)C2CC2c2ccccc2)ccc1N1CCC(C)CC1. The fourth-order valence-corrected chi connectivity index (χ4v) is 4.47. The number of rotatable bonds is 8. The summed E-state index contributed by atoms with van der Waals surface area (Å²) < 4.78 is 5.06. The maximum atomic E-state index is 13.0. The Balaban J connectivity index is 1.48. The van der Waals surface area contributed by atoms with Crippen LogP contribution in [0.15, 0.2) is 48.5 Å². The van der Waals surface area contributed by atoms with Crippen molar-refractivity contribution in [1.82, 2.24) is 5.32 Å². The number of hydrogen-bond donors (Lipinski definition) is 2. The van der Waals surface area contributed by atoms with Gasteiger partial charge >= 0.3 is 0 Å². The van der Waals surface area contributed by atoms with Gasteiger partial charge in [0.1, 0.15) is 0 Å². The molecule has 2 aliphatic rings. The van der Waals surface area contributed by atoms with Crippen molar-refractivity contribution in [2.24, 2.45) is 11.8 Å². The zero-order chi connectivity index (χ0) is 22.5. The summed E-state index contributed by atoms with van der Waals surface area (Å²) in [6.45, 7) is 5.05. The maximum absolute atomic E-state index is 13.0. The van der Waals surface area contributed by atoms with Crippen LogP contribution in [0.2, 0.25) is 0 Å². The van der Waals surface area contributed by atoms with Crippen LogP contribution in [0.1, 0.15) is 48.0 Å². The fraction of sp³-hybridized carbons (Fsp3) is 0.462. The van der Waals surface area contributed by atoms with Crippen molar-refractivity contribution in [3.63, 3.8) is 0 Å². The standard InChI is InChI=1S/C26H33N3O3/c1-18-10-13-29(14-11-18)24-9-8-20(16-23(24)25(30)27-12-15-32-2)28-26(31)22-17-21(22)19-6-4-3-5-7-19/h3-9,16,18,21-22H,10-15,17H2,1-2H3,(H,27,30)(H,28,31). The van der Waals surface area contributed by atoms with Crippen molar-refractivity contribution in [2.45, 2.75) is 32.1 Å². The molecule has 170 valence electrons. The molecule has 2 unspecified atom stereocenters. The van der Waals surface area contributed by atoms with E-state index in [9.17, 15) is 9.59 Å². The molecule has 2 fully saturated rings. The number of amides is 2. The van der Waals surface area contributed by atoms with E-state index in [0.717, 1.165) is 38.0 Å². The number of hydrogen-bond acceptors (Lipinski definition) is 4. The first kappa shape index (κ1) is 22.3. The van der Waals surface area contributed by atoms with Crippen LogP contribution in [-0.4, -0.2) is 45.2 Å². The van der Waals surface area contributed by atoms with E-state index >= 15 is 0 Å². The monoisotopic (exact) mass is 435 g/mol. The van der Waals surface area contributed by atoms with Crippen molar-refractivity contribution in [3.05, 3.63) is 59.7 Å². The van der Waals surface area contributed by atoms with Gasteiger partial charge in [-0.3, -0.25) is 9.59 Å². The molecule has 6 nitrogen and oxygen atoms in total. The topological polar surface area (TPSA) is 70.7 Å². The first-order chi connectivity index (χ1) is 15.6. The van der Waals surface area contributed by atoms with Crippen LogP contribution in [0.25, 0.3) is 0 Å². The van der Waals surface area contributed by atoms with Crippen molar-refractivity contribution in [2.75, 3.05) is 43.6 Å². The number of nitrogens with one attached hydrogen (secondary N) is 2. The smallest absolute Gasteiger partial charge is 0.253 e. The van der Waals surface area contributed by atoms with Gasteiger partial charge in [0.25, 0.3) is 5.91 Å². The predicted molar refractivity (Wildman–Crippen MR) is 127 cm³/mol. The summed E-state index contributed by atoms with van der Waals surface area (Å²) >= 11 is 0. The van der Waals surface area contributed by atoms with Crippen LogP contribution < -0.4 is 15.5 Å². The number of ether oxygens (including phenoxy) is 1. The highest BCUT2D eigenvalue weighted by atomic mass is 16.5. The minimum absolute atomic E-state index is 0.0142. The highest BCUT2D eigenvalue weighted by Crippen LogP contribution is 2.48. The van der Waals surface area contributed by atoms with Gasteiger partial charge in [-0.1, -0.05) is 37.3 Å². The fourth-order valence-electron chi connectivity index (χ4n) is 4.47. The van der Waals surface area contributed by atoms with Crippen molar-refractivity contribution in [3.8, 4) is 0 Å². The van der Waals surface area contributed by atoms with Crippen LogP contribution in [0.3, 0.4) is 0 Å². The molecule has 0 spiro atoms. The molecule has 1 aliphatic carbocycles. The lowest BCUT2D eigenvalue weighted by atomic mass is 9.97. The second-order valence-electron chi connectivity index (χ2n) is 9.00. The predicted octanol–water partition coefficient (Wildman–Crippen LogP) is 4.04. The van der Waals surface area contributed by atoms with Crippen molar-refractivity contribution < 1.29 is 14.3 Å². The summed E-state index contributed by atoms with van der Waals surface area (Å²) in [6, 6.07) is 15.9. The molecule has 32 heavy (non-hydrogen) atoms. The van der Waals surface area contributed by atoms with E-state index in [1.165, 1.54) is 5.56 Å². The Morgan fingerprint density at radius 3 is 2.56 bits per heavy atom. The Hall–Kier alpha value is -2.86. The van der Waals surface area contributed by atoms with Crippen LogP contribution >= 0.6 is 0 Å². The van der Waals surface area contributed by atoms with Gasteiger partial charge in [-0.2, -0.15) is 0 Å². The van der Waals surface area contributed by atoms with E-state index < -0.39 is 0 Å². The van der Waals surface area contributed by atoms with Crippen LogP contribution in [0.5, 0.6) is 0 Å². The van der Waals surface area contributed by atoms with E-state index in [2.05, 4.69) is 34.6 Å². The highest BCUT2D eigenvalue weighted by molar-refractivity contribution is 6.02. The molecule has 1 saturated carbocycles. The first-order valence-corrected chi connectivity index (χ1v) is 11.6. The average Bonchev–Trinajstić information content (AvgIpc) is 3.62. The molecule has 2 amide bonds. The number of carbonyl (C=O) groups is 2. The summed E-state index contributed by atoms with van der Waals surface area (Å²) in [4.78, 5) is 28.1. The second-order valence-corrected chi connectivity index (χ2v) is 9.00. The lowest BCUT2D eigenvalue weighted by Crippen LogP contribution is -2.35. The Kier molecular flexibility index (Phi) is 7.10. The quantitative estimate of drug-likeness (QED) is 0.614. The molecule has 4 rings (SSSR count). The lowest BCUT2D eigenvalue weighted by molar-refractivity contribution is -0.117. The maximum Gasteiger partial charge on any atom is 0.253 e. The molecular formula is C26H33N3O3. The van der Waals surface area contributed by atoms with E-state index in [0.29, 0.717) is 30.3 Å². The molecule has 0 radical (unpaired) electrons.